The lowest BCUT2D eigenvalue weighted by molar-refractivity contribution is -0.143. The fraction of sp³-hybridized carbons (Fsp3) is 0.500. The molecule has 0 bridgehead atoms. The minimum absolute atomic E-state index is 0.0332. The molecule has 0 heterocycles. The first-order chi connectivity index (χ1) is 16.7. The summed E-state index contributed by atoms with van der Waals surface area (Å²) in [4.78, 5) is 60.0. The zero-order valence-electron chi connectivity index (χ0n) is 19.7. The molecule has 0 saturated heterocycles. The van der Waals surface area contributed by atoms with E-state index in [1.807, 2.05) is 0 Å². The summed E-state index contributed by atoms with van der Waals surface area (Å²) in [6.07, 6.45) is -3.77. The second-order valence-electron chi connectivity index (χ2n) is 8.26. The Balaban J connectivity index is 2.92. The molecule has 36 heavy (non-hydrogen) atoms. The highest BCUT2D eigenvalue weighted by molar-refractivity contribution is 5.94. The number of phenolic OH excluding ortho intramolecular Hbond substituents is 1. The van der Waals surface area contributed by atoms with Gasteiger partial charge in [-0.3, -0.25) is 19.2 Å². The summed E-state index contributed by atoms with van der Waals surface area (Å²) in [5, 5.41) is 54.1. The van der Waals surface area contributed by atoms with Gasteiger partial charge in [0, 0.05) is 12.8 Å². The Hall–Kier alpha value is -3.75. The Kier molecular flexibility index (Phi) is 11.7. The van der Waals surface area contributed by atoms with Gasteiger partial charge in [-0.2, -0.15) is 0 Å². The van der Waals surface area contributed by atoms with E-state index >= 15 is 0 Å². The summed E-state index contributed by atoms with van der Waals surface area (Å²) in [5.74, 6) is -5.64. The summed E-state index contributed by atoms with van der Waals surface area (Å²) in [6, 6.07) is -0.403. The number of nitrogens with two attached hydrogens (primary N) is 1. The molecule has 0 radical (unpaired) electrons. The number of hydrogen-bond acceptors (Lipinski definition) is 9. The van der Waals surface area contributed by atoms with E-state index in [2.05, 4.69) is 16.0 Å². The number of carboxylic acid groups (broad SMARTS) is 2. The largest absolute Gasteiger partial charge is 0.508 e. The molecule has 14 heteroatoms. The van der Waals surface area contributed by atoms with E-state index in [0.717, 1.165) is 6.92 Å². The second-order valence-corrected chi connectivity index (χ2v) is 8.26. The molecule has 14 nitrogen and oxygen atoms in total. The van der Waals surface area contributed by atoms with Gasteiger partial charge in [-0.25, -0.2) is 4.79 Å². The number of carboxylic acids is 2. The molecule has 200 valence electrons. The van der Waals surface area contributed by atoms with Gasteiger partial charge in [0.2, 0.25) is 17.7 Å². The number of phenols is 1. The van der Waals surface area contributed by atoms with Crippen molar-refractivity contribution in [2.24, 2.45) is 5.73 Å². The number of carbonyl (C=O) groups is 5. The monoisotopic (exact) mass is 512 g/mol. The predicted molar refractivity (Wildman–Crippen MR) is 123 cm³/mol. The third-order valence-electron chi connectivity index (χ3n) is 5.12. The lowest BCUT2D eigenvalue weighted by Crippen LogP contribution is -2.62. The van der Waals surface area contributed by atoms with Crippen LogP contribution in [0.3, 0.4) is 0 Å². The third-order valence-corrected chi connectivity index (χ3v) is 5.12. The van der Waals surface area contributed by atoms with E-state index in [4.69, 9.17) is 10.8 Å². The molecular weight excluding hydrogens is 480 g/mol. The molecule has 1 aromatic carbocycles. The van der Waals surface area contributed by atoms with Gasteiger partial charge in [-0.1, -0.05) is 12.1 Å². The van der Waals surface area contributed by atoms with Gasteiger partial charge in [-0.15, -0.1) is 0 Å². The summed E-state index contributed by atoms with van der Waals surface area (Å²) in [7, 11) is 0. The molecular formula is C22H32N4O10. The topological polar surface area (TPSA) is 249 Å². The highest BCUT2D eigenvalue weighted by Gasteiger charge is 2.34. The molecule has 0 aliphatic heterocycles. The van der Waals surface area contributed by atoms with Crippen LogP contribution in [-0.4, -0.2) is 91.6 Å². The predicted octanol–water partition coefficient (Wildman–Crippen LogP) is -2.57. The molecule has 0 aliphatic carbocycles. The fourth-order valence-corrected chi connectivity index (χ4v) is 3.05. The van der Waals surface area contributed by atoms with Crippen molar-refractivity contribution in [3.05, 3.63) is 29.8 Å². The molecule has 0 aliphatic rings. The number of carbonyl (C=O) groups excluding carboxylic acids is 3. The maximum atomic E-state index is 12.7. The molecule has 0 fully saturated rings. The van der Waals surface area contributed by atoms with Gasteiger partial charge in [-0.05, 0) is 38.0 Å². The van der Waals surface area contributed by atoms with E-state index in [9.17, 15) is 44.4 Å². The number of aromatic hydroxyl groups is 1. The first-order valence-corrected chi connectivity index (χ1v) is 11.0. The SMILES string of the molecule is CC(O)C(NC(=O)C(N)CCC(=O)O)C(=O)NC(C(=O)NC(Cc1ccc(O)cc1)C(=O)O)C(C)O. The number of hydrogen-bond donors (Lipinski definition) is 9. The Morgan fingerprint density at radius 2 is 1.31 bits per heavy atom. The normalized spacial score (nSPS) is 15.9. The zero-order valence-corrected chi connectivity index (χ0v) is 19.7. The molecule has 0 spiro atoms. The first kappa shape index (κ1) is 30.3. The first-order valence-electron chi connectivity index (χ1n) is 11.0. The minimum Gasteiger partial charge on any atom is -0.508 e. The van der Waals surface area contributed by atoms with Crippen LogP contribution in [0.15, 0.2) is 24.3 Å². The number of benzene rings is 1. The maximum absolute atomic E-state index is 12.7. The van der Waals surface area contributed by atoms with Crippen LogP contribution in [0.2, 0.25) is 0 Å². The van der Waals surface area contributed by atoms with Crippen LogP contribution in [0.25, 0.3) is 0 Å². The molecule has 0 saturated carbocycles. The smallest absolute Gasteiger partial charge is 0.326 e. The maximum Gasteiger partial charge on any atom is 0.326 e. The highest BCUT2D eigenvalue weighted by Crippen LogP contribution is 2.12. The Labute approximate surface area is 206 Å². The van der Waals surface area contributed by atoms with Gasteiger partial charge in [0.15, 0.2) is 0 Å². The Morgan fingerprint density at radius 1 is 0.833 bits per heavy atom. The van der Waals surface area contributed by atoms with Crippen molar-refractivity contribution in [1.29, 1.82) is 0 Å². The van der Waals surface area contributed by atoms with Crippen LogP contribution in [0.4, 0.5) is 0 Å². The van der Waals surface area contributed by atoms with Gasteiger partial charge >= 0.3 is 11.9 Å². The van der Waals surface area contributed by atoms with Crippen LogP contribution < -0.4 is 21.7 Å². The minimum atomic E-state index is -1.65. The number of nitrogens with one attached hydrogen (secondary N) is 3. The lowest BCUT2D eigenvalue weighted by atomic mass is 10.0. The van der Waals surface area contributed by atoms with Crippen molar-refractivity contribution in [3.8, 4) is 5.75 Å². The van der Waals surface area contributed by atoms with E-state index in [-0.39, 0.29) is 18.6 Å². The number of amides is 3. The van der Waals surface area contributed by atoms with Crippen LogP contribution in [-0.2, 0) is 30.4 Å². The molecule has 3 amide bonds. The molecule has 1 aromatic rings. The molecule has 0 aromatic heterocycles. The molecule has 6 atom stereocenters. The van der Waals surface area contributed by atoms with E-state index in [1.54, 1.807) is 0 Å². The molecule has 6 unspecified atom stereocenters. The van der Waals surface area contributed by atoms with E-state index < -0.39 is 72.5 Å². The summed E-state index contributed by atoms with van der Waals surface area (Å²) >= 11 is 0. The van der Waals surface area contributed by atoms with Crippen LogP contribution >= 0.6 is 0 Å². The van der Waals surface area contributed by atoms with Crippen molar-refractivity contribution >= 4 is 29.7 Å². The lowest BCUT2D eigenvalue weighted by Gasteiger charge is -2.27. The fourth-order valence-electron chi connectivity index (χ4n) is 3.05. The summed E-state index contributed by atoms with van der Waals surface area (Å²) in [6.45, 7) is 2.33. The van der Waals surface area contributed by atoms with Gasteiger partial charge in [0.05, 0.1) is 18.2 Å². The van der Waals surface area contributed by atoms with Crippen LogP contribution in [0.1, 0.15) is 32.3 Å². The summed E-state index contributed by atoms with van der Waals surface area (Å²) < 4.78 is 0. The number of aliphatic hydroxyl groups is 2. The molecule has 1 rings (SSSR count). The number of aliphatic hydroxyl groups excluding tert-OH is 2. The molecule has 10 N–H and O–H groups in total. The quantitative estimate of drug-likeness (QED) is 0.125. The van der Waals surface area contributed by atoms with E-state index in [1.165, 1.54) is 31.2 Å². The Morgan fingerprint density at radius 3 is 1.75 bits per heavy atom. The van der Waals surface area contributed by atoms with E-state index in [0.29, 0.717) is 5.56 Å². The summed E-state index contributed by atoms with van der Waals surface area (Å²) in [5.41, 5.74) is 6.08. The second kappa shape index (κ2) is 14.0. The van der Waals surface area contributed by atoms with Gasteiger partial charge < -0.3 is 47.2 Å². The zero-order chi connectivity index (χ0) is 27.6. The number of rotatable bonds is 14. The van der Waals surface area contributed by atoms with Crippen molar-refractivity contribution in [3.63, 3.8) is 0 Å². The average molecular weight is 513 g/mol. The number of aliphatic carboxylic acids is 2. The van der Waals surface area contributed by atoms with Gasteiger partial charge in [0.25, 0.3) is 0 Å². The van der Waals surface area contributed by atoms with Crippen molar-refractivity contribution < 1.29 is 49.5 Å². The van der Waals surface area contributed by atoms with Crippen molar-refractivity contribution in [1.82, 2.24) is 16.0 Å². The average Bonchev–Trinajstić information content (AvgIpc) is 2.79. The Bertz CT molecular complexity index is 935. The van der Waals surface area contributed by atoms with Crippen molar-refractivity contribution in [2.75, 3.05) is 0 Å². The van der Waals surface area contributed by atoms with Gasteiger partial charge in [0.1, 0.15) is 23.9 Å². The highest BCUT2D eigenvalue weighted by atomic mass is 16.4. The third kappa shape index (κ3) is 9.85. The van der Waals surface area contributed by atoms with Crippen molar-refractivity contribution in [2.45, 2.75) is 69.5 Å². The standard InChI is InChI=1S/C22H32N4O10/c1-10(27)17(20(33)24-15(22(35)36)9-12-3-5-13(29)6-4-12)26-21(34)18(11(2)28)25-19(32)14(23)7-8-16(30)31/h3-6,10-11,14-15,17-18,27-29H,7-9,23H2,1-2H3,(H,24,33)(H,25,32)(H,26,34)(H,30,31)(H,35,36). The van der Waals surface area contributed by atoms with Crippen LogP contribution in [0.5, 0.6) is 5.75 Å². The van der Waals surface area contributed by atoms with Crippen LogP contribution in [0, 0.1) is 0 Å².